The smallest absolute Gasteiger partial charge is 0.290 e. The topological polar surface area (TPSA) is 60.9 Å². The fourth-order valence-electron chi connectivity index (χ4n) is 1.02. The van der Waals surface area contributed by atoms with Crippen molar-refractivity contribution in [1.29, 1.82) is 0 Å². The van der Waals surface area contributed by atoms with Crippen LogP contribution in [-0.4, -0.2) is 15.7 Å². The van der Waals surface area contributed by atoms with E-state index in [2.05, 4.69) is 5.10 Å². The van der Waals surface area contributed by atoms with Crippen LogP contribution < -0.4 is 5.73 Å². The van der Waals surface area contributed by atoms with Gasteiger partial charge in [-0.3, -0.25) is 4.79 Å². The third kappa shape index (κ3) is 1.51. The van der Waals surface area contributed by atoms with E-state index in [0.29, 0.717) is 15.0 Å². The summed E-state index contributed by atoms with van der Waals surface area (Å²) in [5.41, 5.74) is 5.54. The molecule has 14 heavy (non-hydrogen) atoms. The molecule has 0 fully saturated rings. The number of nitrogen functional groups attached to an aromatic ring is 1. The molecule has 2 N–H and O–H groups in total. The van der Waals surface area contributed by atoms with Gasteiger partial charge in [0.2, 0.25) is 0 Å². The lowest BCUT2D eigenvalue weighted by molar-refractivity contribution is 0.0952. The number of nitrogens with two attached hydrogens (primary N) is 1. The molecule has 4 nitrogen and oxygen atoms in total. The number of thiophene rings is 1. The Bertz CT molecular complexity index is 476. The van der Waals surface area contributed by atoms with Crippen molar-refractivity contribution >= 4 is 34.7 Å². The molecule has 2 rings (SSSR count). The standard InChI is InChI=1S/C8H6ClN3OS/c9-6-2-1-5(14-6)8(13)12-7(10)3-4-11-12/h1-4H,10H2. The lowest BCUT2D eigenvalue weighted by atomic mass is 10.4. The molecule has 2 aromatic rings. The second kappa shape index (κ2) is 3.43. The van der Waals surface area contributed by atoms with Crippen molar-refractivity contribution in [2.24, 2.45) is 0 Å². The maximum atomic E-state index is 11.7. The van der Waals surface area contributed by atoms with Gasteiger partial charge in [-0.25, -0.2) is 0 Å². The van der Waals surface area contributed by atoms with Crippen LogP contribution in [0.3, 0.4) is 0 Å². The minimum Gasteiger partial charge on any atom is -0.383 e. The first-order valence-corrected chi connectivity index (χ1v) is 4.97. The highest BCUT2D eigenvalue weighted by molar-refractivity contribution is 7.18. The monoisotopic (exact) mass is 227 g/mol. The number of rotatable bonds is 1. The molecule has 2 heterocycles. The van der Waals surface area contributed by atoms with E-state index in [0.717, 1.165) is 4.68 Å². The van der Waals surface area contributed by atoms with E-state index in [1.54, 1.807) is 18.2 Å². The van der Waals surface area contributed by atoms with E-state index in [1.165, 1.54) is 17.5 Å². The van der Waals surface area contributed by atoms with Gasteiger partial charge in [0, 0.05) is 6.07 Å². The summed E-state index contributed by atoms with van der Waals surface area (Å²) in [6.45, 7) is 0. The summed E-state index contributed by atoms with van der Waals surface area (Å²) in [5, 5.41) is 3.81. The predicted molar refractivity (Wildman–Crippen MR) is 55.7 cm³/mol. The fraction of sp³-hybridized carbons (Fsp3) is 0. The molecule has 0 radical (unpaired) electrons. The highest BCUT2D eigenvalue weighted by atomic mass is 35.5. The van der Waals surface area contributed by atoms with Crippen molar-refractivity contribution in [2.45, 2.75) is 0 Å². The zero-order valence-electron chi connectivity index (χ0n) is 6.98. The third-order valence-electron chi connectivity index (χ3n) is 1.65. The number of carbonyl (C=O) groups is 1. The van der Waals surface area contributed by atoms with Gasteiger partial charge in [0.05, 0.1) is 15.4 Å². The highest BCUT2D eigenvalue weighted by Crippen LogP contribution is 2.22. The summed E-state index contributed by atoms with van der Waals surface area (Å²) in [6, 6.07) is 4.88. The number of hydrogen-bond acceptors (Lipinski definition) is 4. The Morgan fingerprint density at radius 3 is 2.79 bits per heavy atom. The van der Waals surface area contributed by atoms with E-state index in [4.69, 9.17) is 17.3 Å². The van der Waals surface area contributed by atoms with Crippen LogP contribution in [0, 0.1) is 0 Å². The Morgan fingerprint density at radius 2 is 2.29 bits per heavy atom. The molecule has 0 aliphatic rings. The molecule has 72 valence electrons. The number of nitrogens with zero attached hydrogens (tertiary/aromatic N) is 2. The Morgan fingerprint density at radius 1 is 1.50 bits per heavy atom. The van der Waals surface area contributed by atoms with Crippen LogP contribution in [0.25, 0.3) is 0 Å². The lowest BCUT2D eigenvalue weighted by Gasteiger charge is -1.98. The molecule has 0 aliphatic heterocycles. The normalized spacial score (nSPS) is 10.4. The predicted octanol–water partition coefficient (Wildman–Crippen LogP) is 1.87. The van der Waals surface area contributed by atoms with E-state index in [9.17, 15) is 4.79 Å². The molecule has 2 aromatic heterocycles. The molecule has 0 aliphatic carbocycles. The van der Waals surface area contributed by atoms with Gasteiger partial charge >= 0.3 is 0 Å². The van der Waals surface area contributed by atoms with E-state index in [-0.39, 0.29) is 5.91 Å². The average molecular weight is 228 g/mol. The molecular weight excluding hydrogens is 222 g/mol. The van der Waals surface area contributed by atoms with Gasteiger partial charge in [-0.2, -0.15) is 9.78 Å². The molecule has 6 heteroatoms. The van der Waals surface area contributed by atoms with Crippen LogP contribution in [0.2, 0.25) is 4.34 Å². The SMILES string of the molecule is Nc1ccnn1C(=O)c1ccc(Cl)s1. The number of carbonyl (C=O) groups excluding carboxylic acids is 1. The molecule has 0 bridgehead atoms. The van der Waals surface area contributed by atoms with Crippen molar-refractivity contribution in [1.82, 2.24) is 9.78 Å². The van der Waals surface area contributed by atoms with Crippen molar-refractivity contribution in [2.75, 3.05) is 5.73 Å². The fourth-order valence-corrected chi connectivity index (χ4v) is 1.99. The lowest BCUT2D eigenvalue weighted by Crippen LogP contribution is -2.14. The molecule has 0 aromatic carbocycles. The maximum absolute atomic E-state index is 11.7. The van der Waals surface area contributed by atoms with Crippen molar-refractivity contribution in [3.8, 4) is 0 Å². The first-order chi connectivity index (χ1) is 6.68. The summed E-state index contributed by atoms with van der Waals surface area (Å²) < 4.78 is 1.71. The summed E-state index contributed by atoms with van der Waals surface area (Å²) in [7, 11) is 0. The van der Waals surface area contributed by atoms with E-state index >= 15 is 0 Å². The van der Waals surface area contributed by atoms with Crippen LogP contribution in [-0.2, 0) is 0 Å². The summed E-state index contributed by atoms with van der Waals surface area (Å²) in [5.74, 6) is 0.0592. The Hall–Kier alpha value is -1.33. The molecule has 0 spiro atoms. The largest absolute Gasteiger partial charge is 0.383 e. The van der Waals surface area contributed by atoms with Gasteiger partial charge < -0.3 is 5.73 Å². The van der Waals surface area contributed by atoms with E-state index in [1.807, 2.05) is 0 Å². The second-order valence-corrected chi connectivity index (χ2v) is 4.29. The van der Waals surface area contributed by atoms with E-state index < -0.39 is 0 Å². The van der Waals surface area contributed by atoms with Crippen molar-refractivity contribution < 1.29 is 4.79 Å². The zero-order valence-corrected chi connectivity index (χ0v) is 8.55. The molecular formula is C8H6ClN3OS. The Labute approximate surface area is 88.9 Å². The van der Waals surface area contributed by atoms with Gasteiger partial charge in [0.15, 0.2) is 0 Å². The first kappa shape index (κ1) is 9.23. The van der Waals surface area contributed by atoms with Gasteiger partial charge in [-0.05, 0) is 12.1 Å². The Balaban J connectivity index is 2.38. The van der Waals surface area contributed by atoms with Gasteiger partial charge in [0.25, 0.3) is 5.91 Å². The number of aromatic nitrogens is 2. The van der Waals surface area contributed by atoms with Crippen LogP contribution in [0.4, 0.5) is 5.82 Å². The average Bonchev–Trinajstić information content (AvgIpc) is 2.73. The second-order valence-electron chi connectivity index (χ2n) is 2.58. The van der Waals surface area contributed by atoms with Gasteiger partial charge in [-0.15, -0.1) is 11.3 Å². The third-order valence-corrected chi connectivity index (χ3v) is 2.87. The minimum absolute atomic E-state index is 0.260. The van der Waals surface area contributed by atoms with Gasteiger partial charge in [0.1, 0.15) is 5.82 Å². The molecule has 0 saturated carbocycles. The van der Waals surface area contributed by atoms with Gasteiger partial charge in [-0.1, -0.05) is 11.6 Å². The maximum Gasteiger partial charge on any atom is 0.290 e. The minimum atomic E-state index is -0.260. The number of anilines is 1. The number of halogens is 1. The Kier molecular flexibility index (Phi) is 2.26. The van der Waals surface area contributed by atoms with Crippen LogP contribution in [0.5, 0.6) is 0 Å². The molecule has 0 unspecified atom stereocenters. The first-order valence-electron chi connectivity index (χ1n) is 3.78. The molecule has 0 saturated heterocycles. The summed E-state index contributed by atoms with van der Waals surface area (Å²) in [4.78, 5) is 12.2. The van der Waals surface area contributed by atoms with Crippen LogP contribution in [0.15, 0.2) is 24.4 Å². The molecule has 0 atom stereocenters. The molecule has 0 amide bonds. The van der Waals surface area contributed by atoms with Crippen molar-refractivity contribution in [3.63, 3.8) is 0 Å². The summed E-state index contributed by atoms with van der Waals surface area (Å²) >= 11 is 6.91. The zero-order chi connectivity index (χ0) is 10.1. The number of hydrogen-bond donors (Lipinski definition) is 1. The highest BCUT2D eigenvalue weighted by Gasteiger charge is 2.13. The summed E-state index contributed by atoms with van der Waals surface area (Å²) in [6.07, 6.45) is 1.47. The quantitative estimate of drug-likeness (QED) is 0.809. The van der Waals surface area contributed by atoms with Crippen molar-refractivity contribution in [3.05, 3.63) is 33.6 Å². The van der Waals surface area contributed by atoms with Crippen LogP contribution >= 0.6 is 22.9 Å². The van der Waals surface area contributed by atoms with Crippen LogP contribution in [0.1, 0.15) is 9.67 Å².